The summed E-state index contributed by atoms with van der Waals surface area (Å²) < 4.78 is 109. The van der Waals surface area contributed by atoms with Gasteiger partial charge in [-0.05, 0) is 98.0 Å². The van der Waals surface area contributed by atoms with Gasteiger partial charge in [-0.3, -0.25) is 0 Å². The first-order valence-electron chi connectivity index (χ1n) is 16.4. The van der Waals surface area contributed by atoms with Crippen LogP contribution in [0.3, 0.4) is 0 Å². The maximum Gasteiger partial charge on any atom is 0.419 e. The quantitative estimate of drug-likeness (QED) is 0.0834. The molecule has 0 aromatic heterocycles. The van der Waals surface area contributed by atoms with Crippen LogP contribution in [0.2, 0.25) is 0 Å². The van der Waals surface area contributed by atoms with Gasteiger partial charge in [0, 0.05) is 0 Å². The van der Waals surface area contributed by atoms with Gasteiger partial charge in [0.05, 0.1) is 11.1 Å². The molecular weight excluding hydrogens is 692 g/mol. The van der Waals surface area contributed by atoms with Gasteiger partial charge in [0.25, 0.3) is 0 Å². The van der Waals surface area contributed by atoms with Crippen molar-refractivity contribution in [3.63, 3.8) is 0 Å². The minimum atomic E-state index is -4.85. The number of rotatable bonds is 8. The standard InChI is InChI=1S/C45H30F8/c1-3-37(32-20-18-31(19-21-32)36-23-25-41(47)39(27-36)45(51,52)53)43(34-12-8-5-9-13-34)42(33-10-6-4-7-11-33)28(2)29-14-16-30(17-15-29)35-22-24-40(46)38(26-35)44(48,49)50/h3-27H,1H2,2H3/b42-28+,43-37+. The molecule has 0 radical (unpaired) electrons. The zero-order valence-electron chi connectivity index (χ0n) is 28.2. The van der Waals surface area contributed by atoms with Crippen LogP contribution in [-0.2, 0) is 12.4 Å². The van der Waals surface area contributed by atoms with Crippen molar-refractivity contribution in [2.24, 2.45) is 0 Å². The van der Waals surface area contributed by atoms with Crippen LogP contribution in [-0.4, -0.2) is 0 Å². The van der Waals surface area contributed by atoms with Crippen LogP contribution < -0.4 is 0 Å². The molecule has 0 aliphatic heterocycles. The lowest BCUT2D eigenvalue weighted by Gasteiger charge is -2.22. The Balaban J connectivity index is 1.51. The number of hydrogen-bond donors (Lipinski definition) is 0. The fourth-order valence-electron chi connectivity index (χ4n) is 6.30. The minimum Gasteiger partial charge on any atom is -0.206 e. The summed E-state index contributed by atoms with van der Waals surface area (Å²) >= 11 is 0. The fraction of sp³-hybridized carbons (Fsp3) is 0.0667. The lowest BCUT2D eigenvalue weighted by Crippen LogP contribution is -2.08. The molecule has 0 atom stereocenters. The third-order valence-electron chi connectivity index (χ3n) is 8.95. The summed E-state index contributed by atoms with van der Waals surface area (Å²) in [7, 11) is 0. The molecule has 0 heterocycles. The second kappa shape index (κ2) is 14.9. The molecule has 6 aromatic rings. The zero-order chi connectivity index (χ0) is 37.9. The van der Waals surface area contributed by atoms with E-state index < -0.39 is 35.1 Å². The highest BCUT2D eigenvalue weighted by molar-refractivity contribution is 6.22. The first-order valence-corrected chi connectivity index (χ1v) is 16.4. The van der Waals surface area contributed by atoms with Crippen molar-refractivity contribution in [1.29, 1.82) is 0 Å². The fourth-order valence-corrected chi connectivity index (χ4v) is 6.30. The predicted molar refractivity (Wildman–Crippen MR) is 196 cm³/mol. The summed E-state index contributed by atoms with van der Waals surface area (Å²) in [5, 5.41) is 0. The Morgan fingerprint density at radius 3 is 1.23 bits per heavy atom. The second-order valence-corrected chi connectivity index (χ2v) is 12.3. The Bertz CT molecular complexity index is 2310. The lowest BCUT2D eigenvalue weighted by atomic mass is 9.82. The van der Waals surface area contributed by atoms with Crippen molar-refractivity contribution in [1.82, 2.24) is 0 Å². The van der Waals surface area contributed by atoms with E-state index in [1.807, 2.05) is 67.6 Å². The number of halogens is 8. The zero-order valence-corrected chi connectivity index (χ0v) is 28.2. The van der Waals surface area contributed by atoms with Gasteiger partial charge in [-0.25, -0.2) is 8.78 Å². The third kappa shape index (κ3) is 7.92. The highest BCUT2D eigenvalue weighted by Crippen LogP contribution is 2.43. The second-order valence-electron chi connectivity index (χ2n) is 12.3. The van der Waals surface area contributed by atoms with E-state index in [4.69, 9.17) is 0 Å². The molecule has 53 heavy (non-hydrogen) atoms. The van der Waals surface area contributed by atoms with Crippen molar-refractivity contribution in [2.45, 2.75) is 19.3 Å². The van der Waals surface area contributed by atoms with Crippen molar-refractivity contribution in [3.8, 4) is 22.3 Å². The van der Waals surface area contributed by atoms with Gasteiger partial charge in [0.2, 0.25) is 0 Å². The topological polar surface area (TPSA) is 0 Å². The molecule has 0 nitrogen and oxygen atoms in total. The molecule has 266 valence electrons. The predicted octanol–water partition coefficient (Wildman–Crippen LogP) is 14.1. The van der Waals surface area contributed by atoms with Crippen LogP contribution >= 0.6 is 0 Å². The van der Waals surface area contributed by atoms with E-state index in [9.17, 15) is 35.1 Å². The molecular formula is C45H30F8. The van der Waals surface area contributed by atoms with Crippen LogP contribution in [0.25, 0.3) is 44.5 Å². The van der Waals surface area contributed by atoms with E-state index in [0.29, 0.717) is 16.7 Å². The molecule has 0 unspecified atom stereocenters. The molecule has 8 heteroatoms. The molecule has 0 fully saturated rings. The molecule has 0 N–H and O–H groups in total. The summed E-state index contributed by atoms with van der Waals surface area (Å²) in [5.41, 5.74) is 5.06. The van der Waals surface area contributed by atoms with E-state index >= 15 is 0 Å². The van der Waals surface area contributed by atoms with Crippen LogP contribution in [0, 0.1) is 11.6 Å². The van der Waals surface area contributed by atoms with Gasteiger partial charge in [-0.15, -0.1) is 0 Å². The Hall–Kier alpha value is -6.02. The Kier molecular flexibility index (Phi) is 10.3. The molecule has 0 aliphatic rings. The van der Waals surface area contributed by atoms with Crippen LogP contribution in [0.1, 0.15) is 40.3 Å². The first-order chi connectivity index (χ1) is 25.3. The number of benzene rings is 6. The molecule has 6 aromatic carbocycles. The smallest absolute Gasteiger partial charge is 0.206 e. The molecule has 0 saturated heterocycles. The average molecular weight is 723 g/mol. The Labute approximate surface area is 301 Å². The van der Waals surface area contributed by atoms with Gasteiger partial charge in [-0.1, -0.05) is 134 Å². The van der Waals surface area contributed by atoms with Crippen molar-refractivity contribution < 1.29 is 35.1 Å². The molecule has 0 bridgehead atoms. The largest absolute Gasteiger partial charge is 0.419 e. The van der Waals surface area contributed by atoms with E-state index in [0.717, 1.165) is 63.2 Å². The average Bonchev–Trinajstić information content (AvgIpc) is 3.15. The normalized spacial score (nSPS) is 12.9. The van der Waals surface area contributed by atoms with Crippen LogP contribution in [0.4, 0.5) is 35.1 Å². The van der Waals surface area contributed by atoms with Gasteiger partial charge in [0.15, 0.2) is 0 Å². The highest BCUT2D eigenvalue weighted by Gasteiger charge is 2.35. The van der Waals surface area contributed by atoms with Crippen LogP contribution in [0.15, 0.2) is 158 Å². The molecule has 0 saturated carbocycles. The number of allylic oxidation sites excluding steroid dienone is 5. The van der Waals surface area contributed by atoms with E-state index in [1.54, 1.807) is 54.6 Å². The third-order valence-corrected chi connectivity index (χ3v) is 8.95. The van der Waals surface area contributed by atoms with Crippen molar-refractivity contribution >= 4 is 22.3 Å². The van der Waals surface area contributed by atoms with Gasteiger partial charge < -0.3 is 0 Å². The monoisotopic (exact) mass is 722 g/mol. The molecule has 0 aliphatic carbocycles. The van der Waals surface area contributed by atoms with E-state index in [2.05, 4.69) is 6.58 Å². The van der Waals surface area contributed by atoms with Crippen molar-refractivity contribution in [3.05, 3.63) is 203 Å². The van der Waals surface area contributed by atoms with Crippen molar-refractivity contribution in [2.75, 3.05) is 0 Å². The Morgan fingerprint density at radius 2 is 0.830 bits per heavy atom. The van der Waals surface area contributed by atoms with Gasteiger partial charge in [0.1, 0.15) is 11.6 Å². The summed E-state index contributed by atoms with van der Waals surface area (Å²) in [6.45, 7) is 6.08. The highest BCUT2D eigenvalue weighted by atomic mass is 19.4. The summed E-state index contributed by atoms with van der Waals surface area (Å²) in [6, 6.07) is 38.9. The summed E-state index contributed by atoms with van der Waals surface area (Å²) in [6.07, 6.45) is -7.98. The number of hydrogen-bond acceptors (Lipinski definition) is 0. The summed E-state index contributed by atoms with van der Waals surface area (Å²) in [4.78, 5) is 0. The lowest BCUT2D eigenvalue weighted by molar-refractivity contribution is -0.140. The van der Waals surface area contributed by atoms with E-state index in [-0.39, 0.29) is 11.1 Å². The van der Waals surface area contributed by atoms with Gasteiger partial charge in [-0.2, -0.15) is 26.3 Å². The maximum atomic E-state index is 14.0. The van der Waals surface area contributed by atoms with Gasteiger partial charge >= 0.3 is 12.4 Å². The summed E-state index contributed by atoms with van der Waals surface area (Å²) in [5.74, 6) is -2.69. The Morgan fingerprint density at radius 1 is 0.453 bits per heavy atom. The molecule has 6 rings (SSSR count). The minimum absolute atomic E-state index is 0.206. The first kappa shape index (κ1) is 36.8. The maximum absolute atomic E-state index is 14.0. The number of alkyl halides is 6. The van der Waals surface area contributed by atoms with Crippen LogP contribution in [0.5, 0.6) is 0 Å². The van der Waals surface area contributed by atoms with E-state index in [1.165, 1.54) is 12.1 Å². The SMILES string of the molecule is C=C/C(=C(\C(=C(/C)c1ccc(-c2ccc(F)c(C(F)(F)F)c2)cc1)c1ccccc1)c1ccccc1)c1ccc(-c2ccc(F)c(C(F)(F)F)c2)cc1. The molecule has 0 spiro atoms. The molecule has 0 amide bonds.